The number of aromatic nitrogens is 3. The smallest absolute Gasteiger partial charge is 0.290 e. The average molecular weight is 205 g/mol. The van der Waals surface area contributed by atoms with Crippen molar-refractivity contribution in [1.29, 1.82) is 0 Å². The van der Waals surface area contributed by atoms with Crippen LogP contribution in [0.5, 0.6) is 0 Å². The molecular formula is C8H7N5O2. The highest BCUT2D eigenvalue weighted by Gasteiger charge is 2.13. The van der Waals surface area contributed by atoms with E-state index in [0.717, 1.165) is 0 Å². The van der Waals surface area contributed by atoms with E-state index in [1.807, 2.05) is 0 Å². The lowest BCUT2D eigenvalue weighted by Crippen LogP contribution is -2.12. The van der Waals surface area contributed by atoms with Crippen molar-refractivity contribution in [3.05, 3.63) is 24.0 Å². The summed E-state index contributed by atoms with van der Waals surface area (Å²) in [5.74, 6) is -0.509. The number of anilines is 1. The topological polar surface area (TPSA) is 121 Å². The zero-order valence-electron chi connectivity index (χ0n) is 7.54. The molecular weight excluding hydrogens is 198 g/mol. The lowest BCUT2D eigenvalue weighted by Gasteiger charge is -1.93. The number of hydrogen-bond acceptors (Lipinski definition) is 6. The van der Waals surface area contributed by atoms with Crippen molar-refractivity contribution in [2.75, 3.05) is 5.73 Å². The molecule has 0 aromatic carbocycles. The van der Waals surface area contributed by atoms with E-state index in [1.165, 1.54) is 0 Å². The molecule has 0 aliphatic carbocycles. The fraction of sp³-hybridized carbons (Fsp3) is 0. The molecule has 2 heterocycles. The zero-order valence-corrected chi connectivity index (χ0v) is 7.54. The van der Waals surface area contributed by atoms with E-state index in [0.29, 0.717) is 11.5 Å². The minimum atomic E-state index is -0.756. The first-order valence-corrected chi connectivity index (χ1v) is 4.03. The van der Waals surface area contributed by atoms with Gasteiger partial charge < -0.3 is 16.0 Å². The quantitative estimate of drug-likeness (QED) is 0.700. The molecule has 0 saturated carbocycles. The van der Waals surface area contributed by atoms with Gasteiger partial charge in [0.1, 0.15) is 11.5 Å². The van der Waals surface area contributed by atoms with Crippen molar-refractivity contribution in [2.24, 2.45) is 5.73 Å². The molecule has 0 radical (unpaired) electrons. The molecule has 0 fully saturated rings. The standard InChI is InChI=1S/C8H7N5O2/c9-5-3-1-2-4(11-5)8-12-7(6(10)14)13-15-8/h1-3H,(H2,9,11)(H2,10,14). The molecule has 2 rings (SSSR count). The Morgan fingerprint density at radius 1 is 1.33 bits per heavy atom. The summed E-state index contributed by atoms with van der Waals surface area (Å²) < 4.78 is 4.79. The summed E-state index contributed by atoms with van der Waals surface area (Å²) in [6, 6.07) is 4.94. The average Bonchev–Trinajstić information content (AvgIpc) is 2.66. The molecule has 7 heteroatoms. The molecule has 0 saturated heterocycles. The van der Waals surface area contributed by atoms with Crippen LogP contribution in [-0.4, -0.2) is 21.0 Å². The maximum absolute atomic E-state index is 10.7. The first kappa shape index (κ1) is 9.13. The summed E-state index contributed by atoms with van der Waals surface area (Å²) in [6.45, 7) is 0. The van der Waals surface area contributed by atoms with Crippen molar-refractivity contribution in [3.8, 4) is 11.6 Å². The van der Waals surface area contributed by atoms with Crippen LogP contribution in [0.15, 0.2) is 22.7 Å². The zero-order chi connectivity index (χ0) is 10.8. The number of nitrogens with two attached hydrogens (primary N) is 2. The van der Waals surface area contributed by atoms with Gasteiger partial charge in [-0.1, -0.05) is 11.2 Å². The van der Waals surface area contributed by atoms with Gasteiger partial charge in [0.05, 0.1) is 0 Å². The summed E-state index contributed by atoms with van der Waals surface area (Å²) >= 11 is 0. The predicted octanol–water partition coefficient (Wildman–Crippen LogP) is -0.187. The molecule has 2 aromatic heterocycles. The van der Waals surface area contributed by atoms with E-state index in [1.54, 1.807) is 18.2 Å². The number of hydrogen-bond donors (Lipinski definition) is 2. The molecule has 0 atom stereocenters. The number of nitrogens with zero attached hydrogens (tertiary/aromatic N) is 3. The Labute approximate surface area is 84.1 Å². The van der Waals surface area contributed by atoms with Crippen LogP contribution in [0.4, 0.5) is 5.82 Å². The van der Waals surface area contributed by atoms with Crippen LogP contribution in [0.3, 0.4) is 0 Å². The van der Waals surface area contributed by atoms with E-state index in [9.17, 15) is 4.79 Å². The molecule has 0 bridgehead atoms. The number of rotatable bonds is 2. The Hall–Kier alpha value is -2.44. The van der Waals surface area contributed by atoms with Gasteiger partial charge in [-0.25, -0.2) is 4.98 Å². The van der Waals surface area contributed by atoms with Gasteiger partial charge >= 0.3 is 0 Å². The summed E-state index contributed by atoms with van der Waals surface area (Å²) in [5.41, 5.74) is 10.8. The third-order valence-electron chi connectivity index (χ3n) is 1.64. The number of nitrogen functional groups attached to an aromatic ring is 1. The summed E-state index contributed by atoms with van der Waals surface area (Å²) in [7, 11) is 0. The van der Waals surface area contributed by atoms with Gasteiger partial charge in [0.2, 0.25) is 0 Å². The molecule has 7 nitrogen and oxygen atoms in total. The van der Waals surface area contributed by atoms with Crippen LogP contribution in [0.25, 0.3) is 11.6 Å². The van der Waals surface area contributed by atoms with Crippen LogP contribution in [0, 0.1) is 0 Å². The molecule has 2 aromatic rings. The van der Waals surface area contributed by atoms with Crippen molar-refractivity contribution in [1.82, 2.24) is 15.1 Å². The third-order valence-corrected chi connectivity index (χ3v) is 1.64. The Kier molecular flexibility index (Phi) is 2.05. The summed E-state index contributed by atoms with van der Waals surface area (Å²) in [5, 5.41) is 3.38. The second-order valence-corrected chi connectivity index (χ2v) is 2.74. The van der Waals surface area contributed by atoms with Gasteiger partial charge in [-0.2, -0.15) is 4.98 Å². The van der Waals surface area contributed by atoms with E-state index in [4.69, 9.17) is 16.0 Å². The number of carbonyl (C=O) groups is 1. The van der Waals surface area contributed by atoms with Gasteiger partial charge in [-0.3, -0.25) is 4.79 Å². The second-order valence-electron chi connectivity index (χ2n) is 2.74. The molecule has 0 unspecified atom stereocenters. The maximum atomic E-state index is 10.7. The first-order chi connectivity index (χ1) is 7.16. The molecule has 15 heavy (non-hydrogen) atoms. The fourth-order valence-electron chi connectivity index (χ4n) is 0.998. The van der Waals surface area contributed by atoms with E-state index < -0.39 is 5.91 Å². The van der Waals surface area contributed by atoms with E-state index in [2.05, 4.69) is 15.1 Å². The highest BCUT2D eigenvalue weighted by molar-refractivity contribution is 5.88. The van der Waals surface area contributed by atoms with Crippen molar-refractivity contribution in [3.63, 3.8) is 0 Å². The van der Waals surface area contributed by atoms with Gasteiger partial charge in [-0.05, 0) is 12.1 Å². The molecule has 4 N–H and O–H groups in total. The van der Waals surface area contributed by atoms with Gasteiger partial charge in [0.25, 0.3) is 17.6 Å². The highest BCUT2D eigenvalue weighted by Crippen LogP contribution is 2.14. The van der Waals surface area contributed by atoms with Crippen LogP contribution >= 0.6 is 0 Å². The molecule has 0 spiro atoms. The summed E-state index contributed by atoms with van der Waals surface area (Å²) in [6.07, 6.45) is 0. The number of primary amides is 1. The maximum Gasteiger partial charge on any atom is 0.290 e. The third kappa shape index (κ3) is 1.75. The minimum Gasteiger partial charge on any atom is -0.384 e. The Morgan fingerprint density at radius 2 is 2.13 bits per heavy atom. The van der Waals surface area contributed by atoms with E-state index in [-0.39, 0.29) is 11.7 Å². The number of pyridine rings is 1. The van der Waals surface area contributed by atoms with Crippen LogP contribution in [-0.2, 0) is 0 Å². The van der Waals surface area contributed by atoms with Crippen molar-refractivity contribution < 1.29 is 9.32 Å². The Morgan fingerprint density at radius 3 is 2.73 bits per heavy atom. The highest BCUT2D eigenvalue weighted by atomic mass is 16.5. The SMILES string of the molecule is NC(=O)c1noc(-c2cccc(N)n2)n1. The van der Waals surface area contributed by atoms with E-state index >= 15 is 0 Å². The van der Waals surface area contributed by atoms with Gasteiger partial charge in [0.15, 0.2) is 0 Å². The molecule has 76 valence electrons. The second kappa shape index (κ2) is 3.37. The molecule has 1 amide bonds. The number of amides is 1. The molecule has 0 aliphatic heterocycles. The van der Waals surface area contributed by atoms with Gasteiger partial charge in [0, 0.05) is 0 Å². The summed E-state index contributed by atoms with van der Waals surface area (Å²) in [4.78, 5) is 18.4. The lowest BCUT2D eigenvalue weighted by molar-refractivity contribution is 0.0987. The fourth-order valence-corrected chi connectivity index (χ4v) is 0.998. The number of carbonyl (C=O) groups excluding carboxylic acids is 1. The van der Waals surface area contributed by atoms with Crippen molar-refractivity contribution >= 4 is 11.7 Å². The largest absolute Gasteiger partial charge is 0.384 e. The minimum absolute atomic E-state index is 0.108. The Bertz CT molecular complexity index is 507. The molecule has 0 aliphatic rings. The normalized spacial score (nSPS) is 10.1. The van der Waals surface area contributed by atoms with Crippen molar-refractivity contribution in [2.45, 2.75) is 0 Å². The van der Waals surface area contributed by atoms with Crippen LogP contribution in [0.2, 0.25) is 0 Å². The first-order valence-electron chi connectivity index (χ1n) is 4.03. The lowest BCUT2D eigenvalue weighted by atomic mass is 10.3. The van der Waals surface area contributed by atoms with Crippen LogP contribution in [0.1, 0.15) is 10.6 Å². The monoisotopic (exact) mass is 205 g/mol. The van der Waals surface area contributed by atoms with Crippen LogP contribution < -0.4 is 11.5 Å². The Balaban J connectivity index is 2.41. The van der Waals surface area contributed by atoms with Gasteiger partial charge in [-0.15, -0.1) is 0 Å². The predicted molar refractivity (Wildman–Crippen MR) is 50.5 cm³/mol.